The molecule has 0 aliphatic heterocycles. The fourth-order valence-corrected chi connectivity index (χ4v) is 1.81. The molecule has 98 valence electrons. The van der Waals surface area contributed by atoms with E-state index in [1.54, 1.807) is 6.07 Å². The number of hydrogen-bond acceptors (Lipinski definition) is 3. The summed E-state index contributed by atoms with van der Waals surface area (Å²) >= 11 is 3.38. The highest BCUT2D eigenvalue weighted by Gasteiger charge is 2.06. The Labute approximate surface area is 114 Å². The second-order valence-corrected chi connectivity index (χ2v) is 4.23. The molecule has 0 aliphatic carbocycles. The Morgan fingerprint density at radius 1 is 1.44 bits per heavy atom. The predicted octanol–water partition coefficient (Wildman–Crippen LogP) is 2.96. The molecule has 1 rings (SSSR count). The lowest BCUT2D eigenvalue weighted by atomic mass is 10.2. The number of carboxylic acids is 1. The van der Waals surface area contributed by atoms with Crippen LogP contribution in [-0.2, 0) is 9.53 Å². The minimum atomic E-state index is -0.991. The number of carbonyl (C=O) groups is 1. The van der Waals surface area contributed by atoms with Gasteiger partial charge in [0.1, 0.15) is 12.4 Å². The number of ether oxygens (including phenoxy) is 2. The predicted molar refractivity (Wildman–Crippen MR) is 72.8 cm³/mol. The van der Waals surface area contributed by atoms with Crippen molar-refractivity contribution in [3.05, 3.63) is 34.3 Å². The zero-order valence-electron chi connectivity index (χ0n) is 10.1. The molecular weight excluding hydrogens is 300 g/mol. The van der Waals surface area contributed by atoms with Gasteiger partial charge in [-0.15, -0.1) is 0 Å². The lowest BCUT2D eigenvalue weighted by molar-refractivity contribution is -0.131. The minimum Gasteiger partial charge on any atom is -0.489 e. The molecule has 0 amide bonds. The molecule has 0 saturated heterocycles. The highest BCUT2D eigenvalue weighted by Crippen LogP contribution is 2.29. The van der Waals surface area contributed by atoms with Gasteiger partial charge in [-0.05, 0) is 35.0 Å². The van der Waals surface area contributed by atoms with Gasteiger partial charge in [0.25, 0.3) is 0 Å². The monoisotopic (exact) mass is 314 g/mol. The van der Waals surface area contributed by atoms with E-state index in [1.165, 1.54) is 6.08 Å². The van der Waals surface area contributed by atoms with Crippen LogP contribution in [0.4, 0.5) is 0 Å². The van der Waals surface area contributed by atoms with Crippen molar-refractivity contribution >= 4 is 28.0 Å². The molecule has 0 spiro atoms. The molecule has 0 fully saturated rings. The van der Waals surface area contributed by atoms with E-state index < -0.39 is 5.97 Å². The van der Waals surface area contributed by atoms with Gasteiger partial charge in [-0.3, -0.25) is 0 Å². The van der Waals surface area contributed by atoms with Crippen molar-refractivity contribution in [2.45, 2.75) is 6.92 Å². The van der Waals surface area contributed by atoms with Crippen LogP contribution in [0.1, 0.15) is 12.5 Å². The quantitative estimate of drug-likeness (QED) is 0.621. The van der Waals surface area contributed by atoms with Crippen LogP contribution in [0.25, 0.3) is 6.08 Å². The second kappa shape index (κ2) is 7.89. The van der Waals surface area contributed by atoms with E-state index in [0.717, 1.165) is 10.5 Å². The molecular formula is C13H15BrO4. The van der Waals surface area contributed by atoms with Crippen LogP contribution in [0.2, 0.25) is 0 Å². The van der Waals surface area contributed by atoms with E-state index in [-0.39, 0.29) is 0 Å². The summed E-state index contributed by atoms with van der Waals surface area (Å²) in [7, 11) is 0. The summed E-state index contributed by atoms with van der Waals surface area (Å²) in [5.74, 6) is -0.370. The molecule has 0 bridgehead atoms. The van der Waals surface area contributed by atoms with Gasteiger partial charge >= 0.3 is 5.97 Å². The first-order valence-electron chi connectivity index (χ1n) is 5.55. The Kier molecular flexibility index (Phi) is 6.46. The summed E-state index contributed by atoms with van der Waals surface area (Å²) in [5, 5.41) is 8.62. The Bertz CT molecular complexity index is 429. The lowest BCUT2D eigenvalue weighted by Gasteiger charge is -2.11. The van der Waals surface area contributed by atoms with Crippen LogP contribution in [0.3, 0.4) is 0 Å². The molecule has 1 aromatic carbocycles. The molecule has 0 saturated carbocycles. The van der Waals surface area contributed by atoms with Crippen LogP contribution in [0.5, 0.6) is 5.75 Å². The van der Waals surface area contributed by atoms with Crippen molar-refractivity contribution in [2.75, 3.05) is 19.8 Å². The maximum Gasteiger partial charge on any atom is 0.328 e. The summed E-state index contributed by atoms with van der Waals surface area (Å²) in [5.41, 5.74) is 0.711. The number of hydrogen-bond donors (Lipinski definition) is 1. The maximum atomic E-state index is 10.5. The van der Waals surface area contributed by atoms with Crippen molar-refractivity contribution in [3.63, 3.8) is 0 Å². The van der Waals surface area contributed by atoms with Gasteiger partial charge in [-0.1, -0.05) is 12.1 Å². The average molecular weight is 315 g/mol. The van der Waals surface area contributed by atoms with Gasteiger partial charge < -0.3 is 14.6 Å². The Morgan fingerprint density at radius 2 is 2.22 bits per heavy atom. The molecule has 1 aromatic rings. The molecule has 0 atom stereocenters. The van der Waals surface area contributed by atoms with E-state index in [2.05, 4.69) is 15.9 Å². The molecule has 1 N–H and O–H groups in total. The first kappa shape index (κ1) is 14.7. The third-order valence-corrected chi connectivity index (χ3v) is 2.71. The molecule has 0 aromatic heterocycles. The highest BCUT2D eigenvalue weighted by atomic mass is 79.9. The third kappa shape index (κ3) is 4.89. The van der Waals surface area contributed by atoms with Gasteiger partial charge in [0.15, 0.2) is 0 Å². The number of rotatable bonds is 7. The minimum absolute atomic E-state index is 0.421. The van der Waals surface area contributed by atoms with Gasteiger partial charge in [-0.25, -0.2) is 4.79 Å². The maximum absolute atomic E-state index is 10.5. The van der Waals surface area contributed by atoms with E-state index in [9.17, 15) is 4.79 Å². The first-order valence-corrected chi connectivity index (χ1v) is 6.34. The largest absolute Gasteiger partial charge is 0.489 e. The SMILES string of the molecule is CCOCCOc1c(Br)cccc1/C=C/C(=O)O. The molecule has 4 nitrogen and oxygen atoms in total. The fourth-order valence-electron chi connectivity index (χ4n) is 1.32. The summed E-state index contributed by atoms with van der Waals surface area (Å²) in [4.78, 5) is 10.5. The third-order valence-electron chi connectivity index (χ3n) is 2.08. The van der Waals surface area contributed by atoms with E-state index >= 15 is 0 Å². The van der Waals surface area contributed by atoms with Crippen LogP contribution < -0.4 is 4.74 Å². The standard InChI is InChI=1S/C13H15BrO4/c1-2-17-8-9-18-13-10(6-7-12(15)16)4-3-5-11(13)14/h3-7H,2,8-9H2,1H3,(H,15,16)/b7-6+. The van der Waals surface area contributed by atoms with Crippen molar-refractivity contribution in [1.82, 2.24) is 0 Å². The Balaban J connectivity index is 2.77. The zero-order chi connectivity index (χ0) is 13.4. The van der Waals surface area contributed by atoms with Gasteiger partial charge in [-0.2, -0.15) is 0 Å². The average Bonchev–Trinajstić information content (AvgIpc) is 2.34. The van der Waals surface area contributed by atoms with Crippen molar-refractivity contribution < 1.29 is 19.4 Å². The number of benzene rings is 1. The molecule has 0 aliphatic rings. The molecule has 0 unspecified atom stereocenters. The summed E-state index contributed by atoms with van der Waals surface area (Å²) in [6, 6.07) is 5.45. The Hall–Kier alpha value is -1.33. The zero-order valence-corrected chi connectivity index (χ0v) is 11.6. The molecule has 0 heterocycles. The smallest absolute Gasteiger partial charge is 0.328 e. The number of halogens is 1. The Morgan fingerprint density at radius 3 is 2.89 bits per heavy atom. The number of aliphatic carboxylic acids is 1. The first-order chi connectivity index (χ1) is 8.65. The molecule has 5 heteroatoms. The van der Waals surface area contributed by atoms with E-state index in [0.29, 0.717) is 31.1 Å². The topological polar surface area (TPSA) is 55.8 Å². The van der Waals surface area contributed by atoms with Crippen LogP contribution in [0, 0.1) is 0 Å². The van der Waals surface area contributed by atoms with Crippen molar-refractivity contribution in [2.24, 2.45) is 0 Å². The normalized spacial score (nSPS) is 10.8. The van der Waals surface area contributed by atoms with Gasteiger partial charge in [0.2, 0.25) is 0 Å². The number of carboxylic acid groups (broad SMARTS) is 1. The van der Waals surface area contributed by atoms with Crippen molar-refractivity contribution in [3.8, 4) is 5.75 Å². The summed E-state index contributed by atoms with van der Waals surface area (Å²) in [6.45, 7) is 3.48. The number of para-hydroxylation sites is 1. The van der Waals surface area contributed by atoms with Crippen LogP contribution in [-0.4, -0.2) is 30.9 Å². The van der Waals surface area contributed by atoms with E-state index in [4.69, 9.17) is 14.6 Å². The fraction of sp³-hybridized carbons (Fsp3) is 0.308. The summed E-state index contributed by atoms with van der Waals surface area (Å²) < 4.78 is 11.6. The van der Waals surface area contributed by atoms with Crippen LogP contribution >= 0.6 is 15.9 Å². The molecule has 0 radical (unpaired) electrons. The lowest BCUT2D eigenvalue weighted by Crippen LogP contribution is -2.07. The van der Waals surface area contributed by atoms with Gasteiger partial charge in [0.05, 0.1) is 11.1 Å². The summed E-state index contributed by atoms with van der Waals surface area (Å²) in [6.07, 6.45) is 2.58. The van der Waals surface area contributed by atoms with E-state index in [1.807, 2.05) is 19.1 Å². The van der Waals surface area contributed by atoms with Crippen LogP contribution in [0.15, 0.2) is 28.7 Å². The second-order valence-electron chi connectivity index (χ2n) is 3.38. The molecule has 18 heavy (non-hydrogen) atoms. The highest BCUT2D eigenvalue weighted by molar-refractivity contribution is 9.10. The van der Waals surface area contributed by atoms with Crippen molar-refractivity contribution in [1.29, 1.82) is 0 Å². The van der Waals surface area contributed by atoms with Gasteiger partial charge in [0, 0.05) is 18.2 Å².